The van der Waals surface area contributed by atoms with Gasteiger partial charge in [0.1, 0.15) is 0 Å². The first-order valence-corrected chi connectivity index (χ1v) is 6.23. The van der Waals surface area contributed by atoms with Crippen LogP contribution in [0.4, 0.5) is 0 Å². The maximum atomic E-state index is 2.23. The van der Waals surface area contributed by atoms with Crippen LogP contribution < -0.4 is 0 Å². The van der Waals surface area contributed by atoms with Gasteiger partial charge in [-0.15, -0.1) is 0 Å². The van der Waals surface area contributed by atoms with Crippen LogP contribution in [0.2, 0.25) is 0 Å². The minimum absolute atomic E-state index is 1.32. The third-order valence-electron chi connectivity index (χ3n) is 3.65. The molecular weight excluding hydrogens is 216 g/mol. The molecule has 2 aliphatic rings. The number of hydrogen-bond donors (Lipinski definition) is 0. The molecule has 0 aromatic heterocycles. The summed E-state index contributed by atoms with van der Waals surface area (Å²) in [6.07, 6.45) is 8.86. The van der Waals surface area contributed by atoms with Gasteiger partial charge in [0.05, 0.1) is 0 Å². The molecule has 4 rings (SSSR count). The summed E-state index contributed by atoms with van der Waals surface area (Å²) in [6, 6.07) is 17.1. The van der Waals surface area contributed by atoms with Gasteiger partial charge in [0.15, 0.2) is 0 Å². The smallest absolute Gasteiger partial charge is 0.0429 e. The minimum Gasteiger partial charge on any atom is -0.0708 e. The molecule has 0 fully saturated rings. The van der Waals surface area contributed by atoms with E-state index in [1.807, 2.05) is 0 Å². The molecule has 0 saturated carbocycles. The zero-order valence-electron chi connectivity index (χ0n) is 9.93. The fourth-order valence-corrected chi connectivity index (χ4v) is 2.77. The second-order valence-electron chi connectivity index (χ2n) is 4.67. The summed E-state index contributed by atoms with van der Waals surface area (Å²) < 4.78 is 0. The van der Waals surface area contributed by atoms with Gasteiger partial charge in [-0.1, -0.05) is 72.8 Å². The lowest BCUT2D eigenvalue weighted by molar-refractivity contribution is 1.19. The number of fused-ring (bicyclic) bond motifs is 2. The van der Waals surface area contributed by atoms with E-state index < -0.39 is 0 Å². The molecular formula is C18H12. The summed E-state index contributed by atoms with van der Waals surface area (Å²) in [7, 11) is 0. The molecule has 0 heterocycles. The van der Waals surface area contributed by atoms with Crippen molar-refractivity contribution in [1.29, 1.82) is 0 Å². The molecule has 0 bridgehead atoms. The van der Waals surface area contributed by atoms with Gasteiger partial charge in [-0.2, -0.15) is 0 Å². The molecule has 84 valence electrons. The molecule has 2 radical (unpaired) electrons. The highest BCUT2D eigenvalue weighted by molar-refractivity contribution is 5.80. The van der Waals surface area contributed by atoms with Crippen molar-refractivity contribution < 1.29 is 0 Å². The van der Waals surface area contributed by atoms with E-state index in [9.17, 15) is 0 Å². The van der Waals surface area contributed by atoms with Crippen molar-refractivity contribution in [3.63, 3.8) is 0 Å². The third kappa shape index (κ3) is 1.32. The molecule has 0 aliphatic heterocycles. The summed E-state index contributed by atoms with van der Waals surface area (Å²) in [4.78, 5) is 0. The average Bonchev–Trinajstić information content (AvgIpc) is 3.01. The van der Waals surface area contributed by atoms with Gasteiger partial charge in [-0.25, -0.2) is 0 Å². The lowest BCUT2D eigenvalue weighted by Crippen LogP contribution is -2.06. The van der Waals surface area contributed by atoms with Crippen LogP contribution in [0.1, 0.15) is 22.3 Å². The van der Waals surface area contributed by atoms with E-state index in [4.69, 9.17) is 0 Å². The Labute approximate surface area is 107 Å². The van der Waals surface area contributed by atoms with Crippen LogP contribution in [0, 0.1) is 11.8 Å². The van der Waals surface area contributed by atoms with Crippen LogP contribution >= 0.6 is 0 Å². The Hall–Kier alpha value is -2.08. The van der Waals surface area contributed by atoms with Crippen LogP contribution in [0.5, 0.6) is 0 Å². The van der Waals surface area contributed by atoms with E-state index in [-0.39, 0.29) is 0 Å². The second kappa shape index (κ2) is 3.71. The summed E-state index contributed by atoms with van der Waals surface area (Å²) in [6.45, 7) is 0. The second-order valence-corrected chi connectivity index (χ2v) is 4.67. The first kappa shape index (κ1) is 9.90. The van der Waals surface area contributed by atoms with Crippen molar-refractivity contribution in [3.8, 4) is 0 Å². The molecule has 0 amide bonds. The first-order chi connectivity index (χ1) is 8.93. The Balaban J connectivity index is 1.80. The van der Waals surface area contributed by atoms with Crippen LogP contribution in [-0.4, -0.2) is 0 Å². The quantitative estimate of drug-likeness (QED) is 0.683. The van der Waals surface area contributed by atoms with Crippen molar-refractivity contribution in [2.45, 2.75) is 0 Å². The summed E-state index contributed by atoms with van der Waals surface area (Å²) in [5.74, 6) is 2.68. The standard InChI is InChI=1S/C18H12/c1-3-7-15-13(5-1)9-11-17(15)18-12-10-14-6-2-4-8-16(14)18/h1-12H. The van der Waals surface area contributed by atoms with Crippen molar-refractivity contribution in [1.82, 2.24) is 0 Å². The Kier molecular flexibility index (Phi) is 2.04. The number of allylic oxidation sites excluding steroid dienone is 2. The Morgan fingerprint density at radius 2 is 0.889 bits per heavy atom. The fourth-order valence-electron chi connectivity index (χ4n) is 2.77. The molecule has 2 aromatic rings. The average molecular weight is 228 g/mol. The van der Waals surface area contributed by atoms with Crippen LogP contribution in [0.25, 0.3) is 12.2 Å². The Bertz CT molecular complexity index is 602. The van der Waals surface area contributed by atoms with Crippen molar-refractivity contribution >= 4 is 12.2 Å². The number of rotatable bonds is 1. The SMILES string of the molecule is C1=Cc2ccccc2[C]1[C]1C=Cc2ccccc21. The maximum absolute atomic E-state index is 2.23. The van der Waals surface area contributed by atoms with E-state index in [1.54, 1.807) is 0 Å². The first-order valence-electron chi connectivity index (χ1n) is 6.23. The van der Waals surface area contributed by atoms with Crippen molar-refractivity contribution in [2.24, 2.45) is 0 Å². The molecule has 0 saturated heterocycles. The van der Waals surface area contributed by atoms with Gasteiger partial charge in [0.25, 0.3) is 0 Å². The van der Waals surface area contributed by atoms with Gasteiger partial charge in [0, 0.05) is 11.8 Å². The Morgan fingerprint density at radius 3 is 1.39 bits per heavy atom. The Morgan fingerprint density at radius 1 is 0.444 bits per heavy atom. The number of benzene rings is 2. The molecule has 0 spiro atoms. The molecule has 0 N–H and O–H groups in total. The highest BCUT2D eigenvalue weighted by atomic mass is 14.3. The highest BCUT2D eigenvalue weighted by Gasteiger charge is 2.30. The molecule has 0 unspecified atom stereocenters. The number of hydrogen-bond acceptors (Lipinski definition) is 0. The van der Waals surface area contributed by atoms with Crippen molar-refractivity contribution in [2.75, 3.05) is 0 Å². The molecule has 0 heteroatoms. The molecule has 2 aromatic carbocycles. The maximum Gasteiger partial charge on any atom is 0.0429 e. The molecule has 0 nitrogen and oxygen atoms in total. The summed E-state index contributed by atoms with van der Waals surface area (Å²) in [5.41, 5.74) is 5.32. The minimum atomic E-state index is 1.32. The van der Waals surface area contributed by atoms with Crippen LogP contribution in [0.15, 0.2) is 60.7 Å². The molecule has 2 aliphatic carbocycles. The zero-order chi connectivity index (χ0) is 11.9. The van der Waals surface area contributed by atoms with E-state index in [0.29, 0.717) is 0 Å². The summed E-state index contributed by atoms with van der Waals surface area (Å²) >= 11 is 0. The van der Waals surface area contributed by atoms with Crippen LogP contribution in [-0.2, 0) is 0 Å². The summed E-state index contributed by atoms with van der Waals surface area (Å²) in [5, 5.41) is 0. The fraction of sp³-hybridized carbons (Fsp3) is 0. The molecule has 18 heavy (non-hydrogen) atoms. The van der Waals surface area contributed by atoms with Gasteiger partial charge < -0.3 is 0 Å². The van der Waals surface area contributed by atoms with Gasteiger partial charge >= 0.3 is 0 Å². The van der Waals surface area contributed by atoms with Gasteiger partial charge in [-0.05, 0) is 22.3 Å². The van der Waals surface area contributed by atoms with E-state index in [1.165, 1.54) is 34.1 Å². The topological polar surface area (TPSA) is 0 Å². The monoisotopic (exact) mass is 228 g/mol. The lowest BCUT2D eigenvalue weighted by Gasteiger charge is -2.17. The van der Waals surface area contributed by atoms with Gasteiger partial charge in [-0.3, -0.25) is 0 Å². The third-order valence-corrected chi connectivity index (χ3v) is 3.65. The van der Waals surface area contributed by atoms with E-state index >= 15 is 0 Å². The predicted molar refractivity (Wildman–Crippen MR) is 75.6 cm³/mol. The van der Waals surface area contributed by atoms with Crippen LogP contribution in [0.3, 0.4) is 0 Å². The normalized spacial score (nSPS) is 17.1. The van der Waals surface area contributed by atoms with E-state index in [0.717, 1.165) is 0 Å². The van der Waals surface area contributed by atoms with Gasteiger partial charge in [0.2, 0.25) is 0 Å². The predicted octanol–water partition coefficient (Wildman–Crippen LogP) is 4.29. The lowest BCUT2D eigenvalue weighted by atomic mass is 9.84. The zero-order valence-corrected chi connectivity index (χ0v) is 9.93. The highest BCUT2D eigenvalue weighted by Crippen LogP contribution is 2.43. The largest absolute Gasteiger partial charge is 0.0708 e. The van der Waals surface area contributed by atoms with E-state index in [2.05, 4.69) is 72.8 Å². The molecule has 0 atom stereocenters. The van der Waals surface area contributed by atoms with Crippen molar-refractivity contribution in [3.05, 3.63) is 94.8 Å².